The highest BCUT2D eigenvalue weighted by molar-refractivity contribution is 7.80. The number of carbonyl (C=O) groups is 1. The van der Waals surface area contributed by atoms with E-state index in [1.807, 2.05) is 25.1 Å². The van der Waals surface area contributed by atoms with Gasteiger partial charge in [0.15, 0.2) is 0 Å². The van der Waals surface area contributed by atoms with Gasteiger partial charge in [-0.05, 0) is 31.4 Å². The van der Waals surface area contributed by atoms with Gasteiger partial charge < -0.3 is 11.1 Å². The molecule has 0 atom stereocenters. The summed E-state index contributed by atoms with van der Waals surface area (Å²) in [5.74, 6) is 0.294. The van der Waals surface area contributed by atoms with Gasteiger partial charge >= 0.3 is 0 Å². The number of hydrogen-bond acceptors (Lipinski definition) is 2. The normalized spacial score (nSPS) is 15.1. The van der Waals surface area contributed by atoms with Crippen LogP contribution in [0.5, 0.6) is 0 Å². The molecule has 1 aromatic carbocycles. The fourth-order valence-corrected chi connectivity index (χ4v) is 1.94. The minimum Gasteiger partial charge on any atom is -0.389 e. The second-order valence-corrected chi connectivity index (χ2v) is 4.95. The van der Waals surface area contributed by atoms with Crippen LogP contribution < -0.4 is 11.1 Å². The molecule has 0 aromatic heterocycles. The number of hydrogen-bond donors (Lipinski definition) is 2. The lowest BCUT2D eigenvalue weighted by molar-refractivity contribution is -0.122. The number of nitrogens with two attached hydrogens (primary N) is 1. The maximum Gasteiger partial charge on any atom is 0.227 e. The Hall–Kier alpha value is -1.42. The van der Waals surface area contributed by atoms with Crippen LogP contribution in [0.4, 0.5) is 5.69 Å². The smallest absolute Gasteiger partial charge is 0.227 e. The number of anilines is 1. The molecule has 3 nitrogen and oxygen atoms in total. The predicted molar refractivity (Wildman–Crippen MR) is 73.0 cm³/mol. The van der Waals surface area contributed by atoms with E-state index >= 15 is 0 Å². The zero-order valence-corrected chi connectivity index (χ0v) is 10.6. The van der Waals surface area contributed by atoms with Crippen molar-refractivity contribution >= 4 is 28.8 Å². The van der Waals surface area contributed by atoms with Crippen molar-refractivity contribution in [3.05, 3.63) is 29.3 Å². The highest BCUT2D eigenvalue weighted by Gasteiger charge is 2.25. The van der Waals surface area contributed by atoms with E-state index in [0.717, 1.165) is 36.1 Å². The molecule has 0 saturated heterocycles. The van der Waals surface area contributed by atoms with E-state index in [2.05, 4.69) is 5.32 Å². The number of carbonyl (C=O) groups excluding carboxylic acids is 1. The van der Waals surface area contributed by atoms with Gasteiger partial charge in [0.25, 0.3) is 0 Å². The Morgan fingerprint density at radius 1 is 1.47 bits per heavy atom. The first kappa shape index (κ1) is 12.0. The van der Waals surface area contributed by atoms with Gasteiger partial charge in [0.05, 0.1) is 0 Å². The Balaban J connectivity index is 2.16. The minimum atomic E-state index is 0.111. The first-order chi connectivity index (χ1) is 8.08. The number of nitrogens with one attached hydrogen (secondary N) is 1. The van der Waals surface area contributed by atoms with E-state index < -0.39 is 0 Å². The van der Waals surface area contributed by atoms with Crippen molar-refractivity contribution in [2.45, 2.75) is 26.2 Å². The fraction of sp³-hybridized carbons (Fsp3) is 0.385. The Morgan fingerprint density at radius 3 is 2.71 bits per heavy atom. The van der Waals surface area contributed by atoms with Crippen LogP contribution in [-0.4, -0.2) is 10.9 Å². The zero-order valence-electron chi connectivity index (χ0n) is 9.82. The molecule has 4 heteroatoms. The second kappa shape index (κ2) is 4.84. The Kier molecular flexibility index (Phi) is 3.43. The summed E-state index contributed by atoms with van der Waals surface area (Å²) in [4.78, 5) is 12.2. The average Bonchev–Trinajstić information content (AvgIpc) is 2.18. The number of rotatable bonds is 3. The van der Waals surface area contributed by atoms with Crippen molar-refractivity contribution < 1.29 is 4.79 Å². The highest BCUT2D eigenvalue weighted by Crippen LogP contribution is 2.28. The third-order valence-corrected chi connectivity index (χ3v) is 3.49. The van der Waals surface area contributed by atoms with E-state index in [-0.39, 0.29) is 11.8 Å². The molecular formula is C13H16N2OS. The predicted octanol–water partition coefficient (Wildman–Crippen LogP) is 2.37. The monoisotopic (exact) mass is 248 g/mol. The first-order valence-corrected chi connectivity index (χ1v) is 6.20. The summed E-state index contributed by atoms with van der Waals surface area (Å²) in [6.45, 7) is 1.96. The van der Waals surface area contributed by atoms with E-state index in [9.17, 15) is 4.79 Å². The zero-order chi connectivity index (χ0) is 12.4. The van der Waals surface area contributed by atoms with Crippen molar-refractivity contribution in [2.75, 3.05) is 5.32 Å². The molecule has 0 spiro atoms. The van der Waals surface area contributed by atoms with Crippen LogP contribution in [0.3, 0.4) is 0 Å². The molecule has 1 aliphatic carbocycles. The molecule has 2 rings (SSSR count). The summed E-state index contributed by atoms with van der Waals surface area (Å²) >= 11 is 4.93. The van der Waals surface area contributed by atoms with Gasteiger partial charge in [-0.2, -0.15) is 0 Å². The van der Waals surface area contributed by atoms with Crippen LogP contribution in [0.15, 0.2) is 18.2 Å². The van der Waals surface area contributed by atoms with Gasteiger partial charge in [0, 0.05) is 17.2 Å². The van der Waals surface area contributed by atoms with Crippen molar-refractivity contribution in [3.8, 4) is 0 Å². The maximum atomic E-state index is 11.9. The van der Waals surface area contributed by atoms with Crippen LogP contribution in [0, 0.1) is 12.8 Å². The average molecular weight is 248 g/mol. The quantitative estimate of drug-likeness (QED) is 0.807. The van der Waals surface area contributed by atoms with E-state index in [1.54, 1.807) is 0 Å². The first-order valence-electron chi connectivity index (χ1n) is 5.79. The van der Waals surface area contributed by atoms with Gasteiger partial charge in [0.2, 0.25) is 5.91 Å². The largest absolute Gasteiger partial charge is 0.389 e. The maximum absolute atomic E-state index is 11.9. The summed E-state index contributed by atoms with van der Waals surface area (Å²) in [6.07, 6.45) is 3.16. The summed E-state index contributed by atoms with van der Waals surface area (Å²) < 4.78 is 0. The number of aryl methyl sites for hydroxylation is 1. The molecule has 17 heavy (non-hydrogen) atoms. The molecular weight excluding hydrogens is 232 g/mol. The number of benzene rings is 1. The second-order valence-electron chi connectivity index (χ2n) is 4.51. The van der Waals surface area contributed by atoms with Crippen molar-refractivity contribution in [2.24, 2.45) is 11.7 Å². The van der Waals surface area contributed by atoms with E-state index in [0.29, 0.717) is 4.99 Å². The molecule has 3 N–H and O–H groups in total. The van der Waals surface area contributed by atoms with Crippen molar-refractivity contribution in [1.29, 1.82) is 0 Å². The van der Waals surface area contributed by atoms with Gasteiger partial charge in [-0.15, -0.1) is 0 Å². The molecule has 90 valence electrons. The summed E-state index contributed by atoms with van der Waals surface area (Å²) in [5, 5.41) is 2.95. The molecule has 1 saturated carbocycles. The third-order valence-electron chi connectivity index (χ3n) is 3.26. The molecule has 0 bridgehead atoms. The topological polar surface area (TPSA) is 55.1 Å². The molecule has 0 heterocycles. The Morgan fingerprint density at radius 2 is 2.18 bits per heavy atom. The Labute approximate surface area is 106 Å². The van der Waals surface area contributed by atoms with Gasteiger partial charge in [0.1, 0.15) is 4.99 Å². The summed E-state index contributed by atoms with van der Waals surface area (Å²) in [7, 11) is 0. The van der Waals surface area contributed by atoms with Gasteiger partial charge in [-0.25, -0.2) is 0 Å². The van der Waals surface area contributed by atoms with Crippen LogP contribution in [0.1, 0.15) is 30.4 Å². The number of thiocarbonyl (C=S) groups is 1. The van der Waals surface area contributed by atoms with E-state index in [4.69, 9.17) is 18.0 Å². The van der Waals surface area contributed by atoms with Crippen LogP contribution in [-0.2, 0) is 4.79 Å². The molecule has 1 fully saturated rings. The lowest BCUT2D eigenvalue weighted by atomic mass is 9.85. The van der Waals surface area contributed by atoms with Gasteiger partial charge in [-0.3, -0.25) is 4.79 Å². The fourth-order valence-electron chi connectivity index (χ4n) is 1.82. The van der Waals surface area contributed by atoms with Crippen LogP contribution in [0.2, 0.25) is 0 Å². The van der Waals surface area contributed by atoms with Crippen LogP contribution in [0.25, 0.3) is 0 Å². The summed E-state index contributed by atoms with van der Waals surface area (Å²) in [5.41, 5.74) is 8.20. The molecule has 0 aliphatic heterocycles. The van der Waals surface area contributed by atoms with Crippen molar-refractivity contribution in [3.63, 3.8) is 0 Å². The lowest BCUT2D eigenvalue weighted by Gasteiger charge is -2.24. The SMILES string of the molecule is Cc1ccc(C(N)=S)cc1NC(=O)C1CCC1. The van der Waals surface area contributed by atoms with E-state index in [1.165, 1.54) is 0 Å². The standard InChI is InChI=1S/C13H16N2OS/c1-8-5-6-10(12(14)17)7-11(8)15-13(16)9-3-2-4-9/h5-7,9H,2-4H2,1H3,(H2,14,17)(H,15,16). The molecule has 1 aliphatic rings. The van der Waals surface area contributed by atoms with Gasteiger partial charge in [-0.1, -0.05) is 30.8 Å². The van der Waals surface area contributed by atoms with Crippen molar-refractivity contribution in [1.82, 2.24) is 0 Å². The molecule has 0 unspecified atom stereocenters. The number of amides is 1. The molecule has 1 aromatic rings. The molecule has 0 radical (unpaired) electrons. The highest BCUT2D eigenvalue weighted by atomic mass is 32.1. The summed E-state index contributed by atoms with van der Waals surface area (Å²) in [6, 6.07) is 5.63. The molecule has 1 amide bonds. The Bertz CT molecular complexity index is 466. The van der Waals surface area contributed by atoms with Crippen LogP contribution >= 0.6 is 12.2 Å². The minimum absolute atomic E-state index is 0.111. The lowest BCUT2D eigenvalue weighted by Crippen LogP contribution is -2.28. The third kappa shape index (κ3) is 2.64.